The first-order chi connectivity index (χ1) is 15.5. The van der Waals surface area contributed by atoms with Gasteiger partial charge < -0.3 is 14.2 Å². The van der Waals surface area contributed by atoms with Crippen molar-refractivity contribution < 1.29 is 19.0 Å². The highest BCUT2D eigenvalue weighted by atomic mass is 35.5. The Morgan fingerprint density at radius 2 is 1.78 bits per heavy atom. The molecule has 3 aromatic rings. The lowest BCUT2D eigenvalue weighted by molar-refractivity contribution is -0.123. The standard InChI is InChI=1S/C23H19Cl3N2O4/c1-30-21-10-15(12-27-28-22(29)14-31-18-5-3-2-4-6-18)9-20(26)23(21)32-13-16-7-8-17(24)11-19(16)25/h2-12H,13-14H2,1H3,(H,28,29)/b27-12-. The number of nitrogens with one attached hydrogen (secondary N) is 1. The van der Waals surface area contributed by atoms with Crippen LogP contribution in [0.2, 0.25) is 15.1 Å². The van der Waals surface area contributed by atoms with Gasteiger partial charge in [0.2, 0.25) is 0 Å². The lowest BCUT2D eigenvalue weighted by atomic mass is 10.2. The average Bonchev–Trinajstić information content (AvgIpc) is 2.78. The first-order valence-electron chi connectivity index (χ1n) is 9.40. The number of para-hydroxylation sites is 1. The predicted octanol–water partition coefficient (Wildman–Crippen LogP) is 5.76. The number of amides is 1. The van der Waals surface area contributed by atoms with Crippen molar-refractivity contribution in [3.05, 3.63) is 86.9 Å². The fourth-order valence-corrected chi connectivity index (χ4v) is 3.36. The van der Waals surface area contributed by atoms with E-state index in [1.165, 1.54) is 13.3 Å². The zero-order valence-electron chi connectivity index (χ0n) is 17.0. The predicted molar refractivity (Wildman–Crippen MR) is 126 cm³/mol. The Morgan fingerprint density at radius 1 is 1.00 bits per heavy atom. The Balaban J connectivity index is 1.60. The van der Waals surface area contributed by atoms with Crippen LogP contribution in [-0.2, 0) is 11.4 Å². The smallest absolute Gasteiger partial charge is 0.277 e. The van der Waals surface area contributed by atoms with Gasteiger partial charge in [-0.15, -0.1) is 0 Å². The molecule has 3 rings (SSSR count). The van der Waals surface area contributed by atoms with Crippen LogP contribution in [0.4, 0.5) is 0 Å². The first-order valence-corrected chi connectivity index (χ1v) is 10.5. The third-order valence-electron chi connectivity index (χ3n) is 4.15. The Labute approximate surface area is 200 Å². The summed E-state index contributed by atoms with van der Waals surface area (Å²) >= 11 is 18.5. The fraction of sp³-hybridized carbons (Fsp3) is 0.130. The summed E-state index contributed by atoms with van der Waals surface area (Å²) < 4.78 is 16.6. The number of ether oxygens (including phenoxy) is 3. The highest BCUT2D eigenvalue weighted by Crippen LogP contribution is 2.37. The van der Waals surface area contributed by atoms with Crippen molar-refractivity contribution in [2.45, 2.75) is 6.61 Å². The van der Waals surface area contributed by atoms with Gasteiger partial charge in [0.15, 0.2) is 18.1 Å². The third kappa shape index (κ3) is 6.79. The number of carbonyl (C=O) groups excluding carboxylic acids is 1. The second-order valence-electron chi connectivity index (χ2n) is 6.45. The topological polar surface area (TPSA) is 69.2 Å². The van der Waals surface area contributed by atoms with Gasteiger partial charge in [-0.05, 0) is 42.0 Å². The van der Waals surface area contributed by atoms with Gasteiger partial charge in [0, 0.05) is 15.6 Å². The van der Waals surface area contributed by atoms with Gasteiger partial charge in [-0.3, -0.25) is 4.79 Å². The van der Waals surface area contributed by atoms with Crippen LogP contribution in [-0.4, -0.2) is 25.8 Å². The van der Waals surface area contributed by atoms with Gasteiger partial charge in [0.25, 0.3) is 5.91 Å². The number of carbonyl (C=O) groups is 1. The van der Waals surface area contributed by atoms with Crippen LogP contribution < -0.4 is 19.6 Å². The van der Waals surface area contributed by atoms with Crippen LogP contribution >= 0.6 is 34.8 Å². The van der Waals surface area contributed by atoms with Gasteiger partial charge in [-0.2, -0.15) is 5.10 Å². The molecule has 9 heteroatoms. The Morgan fingerprint density at radius 3 is 2.50 bits per heavy atom. The molecule has 1 N–H and O–H groups in total. The maximum Gasteiger partial charge on any atom is 0.277 e. The van der Waals surface area contributed by atoms with Crippen LogP contribution in [0.15, 0.2) is 65.8 Å². The van der Waals surface area contributed by atoms with Crippen molar-refractivity contribution in [1.29, 1.82) is 0 Å². The molecule has 0 aliphatic carbocycles. The van der Waals surface area contributed by atoms with E-state index >= 15 is 0 Å². The van der Waals surface area contributed by atoms with Crippen molar-refractivity contribution >= 4 is 46.9 Å². The summed E-state index contributed by atoms with van der Waals surface area (Å²) in [7, 11) is 1.50. The maximum atomic E-state index is 11.9. The molecule has 0 atom stereocenters. The molecule has 0 spiro atoms. The van der Waals surface area contributed by atoms with Crippen molar-refractivity contribution in [3.63, 3.8) is 0 Å². The monoisotopic (exact) mass is 492 g/mol. The molecule has 0 fully saturated rings. The van der Waals surface area contributed by atoms with E-state index in [-0.39, 0.29) is 13.2 Å². The van der Waals surface area contributed by atoms with Gasteiger partial charge in [-0.1, -0.05) is 59.1 Å². The molecule has 166 valence electrons. The number of halogens is 3. The maximum absolute atomic E-state index is 11.9. The van der Waals surface area contributed by atoms with E-state index in [0.717, 1.165) is 5.56 Å². The molecule has 3 aromatic carbocycles. The second-order valence-corrected chi connectivity index (χ2v) is 7.70. The second kappa shape index (κ2) is 11.6. The third-order valence-corrected chi connectivity index (χ3v) is 5.02. The molecule has 0 aliphatic rings. The highest BCUT2D eigenvalue weighted by Gasteiger charge is 2.13. The quantitative estimate of drug-likeness (QED) is 0.304. The minimum Gasteiger partial charge on any atom is -0.493 e. The van der Waals surface area contributed by atoms with E-state index in [0.29, 0.717) is 37.9 Å². The SMILES string of the molecule is COc1cc(/C=N\NC(=O)COc2ccccc2)cc(Cl)c1OCc1ccc(Cl)cc1Cl. The summed E-state index contributed by atoms with van der Waals surface area (Å²) in [6.45, 7) is 0.0163. The summed E-state index contributed by atoms with van der Waals surface area (Å²) in [6.07, 6.45) is 1.44. The number of methoxy groups -OCH3 is 1. The highest BCUT2D eigenvalue weighted by molar-refractivity contribution is 6.35. The number of hydrazone groups is 1. The van der Waals surface area contributed by atoms with Crippen LogP contribution in [0, 0.1) is 0 Å². The molecular weight excluding hydrogens is 475 g/mol. The van der Waals surface area contributed by atoms with Crippen LogP contribution in [0.5, 0.6) is 17.2 Å². The number of nitrogens with zero attached hydrogens (tertiary/aromatic N) is 1. The normalized spacial score (nSPS) is 10.8. The number of hydrogen-bond acceptors (Lipinski definition) is 5. The molecule has 0 unspecified atom stereocenters. The molecule has 1 amide bonds. The summed E-state index contributed by atoms with van der Waals surface area (Å²) in [6, 6.07) is 17.5. The summed E-state index contributed by atoms with van der Waals surface area (Å²) in [5.74, 6) is 0.960. The van der Waals surface area contributed by atoms with Gasteiger partial charge in [0.05, 0.1) is 18.3 Å². The Hall–Kier alpha value is -2.93. The molecule has 0 aliphatic heterocycles. The number of hydrogen-bond donors (Lipinski definition) is 1. The molecule has 0 radical (unpaired) electrons. The number of rotatable bonds is 9. The molecule has 32 heavy (non-hydrogen) atoms. The molecular formula is C23H19Cl3N2O4. The van der Waals surface area contributed by atoms with E-state index in [1.807, 2.05) is 18.2 Å². The summed E-state index contributed by atoms with van der Waals surface area (Å²) in [4.78, 5) is 11.9. The zero-order valence-corrected chi connectivity index (χ0v) is 19.2. The van der Waals surface area contributed by atoms with Crippen LogP contribution in [0.1, 0.15) is 11.1 Å². The molecule has 0 heterocycles. The molecule has 0 bridgehead atoms. The zero-order chi connectivity index (χ0) is 22.9. The fourth-order valence-electron chi connectivity index (χ4n) is 2.62. The lowest BCUT2D eigenvalue weighted by Crippen LogP contribution is -2.24. The van der Waals surface area contributed by atoms with E-state index < -0.39 is 5.91 Å². The summed E-state index contributed by atoms with van der Waals surface area (Å²) in [5, 5.41) is 5.27. The lowest BCUT2D eigenvalue weighted by Gasteiger charge is -2.14. The Bertz CT molecular complexity index is 1110. The van der Waals surface area contributed by atoms with E-state index in [9.17, 15) is 4.79 Å². The number of benzene rings is 3. The molecule has 0 saturated heterocycles. The van der Waals surface area contributed by atoms with Crippen molar-refractivity contribution in [2.24, 2.45) is 5.10 Å². The van der Waals surface area contributed by atoms with Gasteiger partial charge in [0.1, 0.15) is 12.4 Å². The van der Waals surface area contributed by atoms with Crippen LogP contribution in [0.25, 0.3) is 0 Å². The van der Waals surface area contributed by atoms with Gasteiger partial charge in [-0.25, -0.2) is 5.43 Å². The van der Waals surface area contributed by atoms with Crippen molar-refractivity contribution in [3.8, 4) is 17.2 Å². The van der Waals surface area contributed by atoms with Crippen molar-refractivity contribution in [2.75, 3.05) is 13.7 Å². The van der Waals surface area contributed by atoms with E-state index in [1.54, 1.807) is 42.5 Å². The average molecular weight is 494 g/mol. The largest absolute Gasteiger partial charge is 0.493 e. The first kappa shape index (κ1) is 23.7. The van der Waals surface area contributed by atoms with Crippen molar-refractivity contribution in [1.82, 2.24) is 5.43 Å². The molecule has 6 nitrogen and oxygen atoms in total. The molecule has 0 aromatic heterocycles. The summed E-state index contributed by atoms with van der Waals surface area (Å²) in [5.41, 5.74) is 3.75. The van der Waals surface area contributed by atoms with E-state index in [4.69, 9.17) is 49.0 Å². The minimum atomic E-state index is -0.400. The van der Waals surface area contributed by atoms with Crippen LogP contribution in [0.3, 0.4) is 0 Å². The molecule has 0 saturated carbocycles. The van der Waals surface area contributed by atoms with E-state index in [2.05, 4.69) is 10.5 Å². The minimum absolute atomic E-state index is 0.161. The Kier molecular flexibility index (Phi) is 8.62. The van der Waals surface area contributed by atoms with Gasteiger partial charge >= 0.3 is 0 Å².